The number of nitrogens with zero attached hydrogens (tertiary/aromatic N) is 3. The predicted molar refractivity (Wildman–Crippen MR) is 44.3 cm³/mol. The van der Waals surface area contributed by atoms with Crippen LogP contribution >= 0.6 is 0 Å². The molecule has 7 heteroatoms. The van der Waals surface area contributed by atoms with Gasteiger partial charge in [-0.1, -0.05) is 0 Å². The van der Waals surface area contributed by atoms with E-state index in [0.29, 0.717) is 0 Å². The van der Waals surface area contributed by atoms with Crippen LogP contribution in [-0.2, 0) is 0 Å². The molecule has 14 heavy (non-hydrogen) atoms. The van der Waals surface area contributed by atoms with E-state index in [-0.39, 0.29) is 11.4 Å². The highest BCUT2D eigenvalue weighted by molar-refractivity contribution is 5.94. The summed E-state index contributed by atoms with van der Waals surface area (Å²) in [4.78, 5) is 20.1. The maximum absolute atomic E-state index is 10.6. The van der Waals surface area contributed by atoms with E-state index >= 15 is 0 Å². The number of nitro benzene ring substituents is 1. The Bertz CT molecular complexity index is 415. The molecule has 0 aliphatic heterocycles. The molecule has 0 saturated heterocycles. The fourth-order valence-electron chi connectivity index (χ4n) is 0.896. The van der Waals surface area contributed by atoms with Crippen molar-refractivity contribution in [1.82, 2.24) is 5.53 Å². The molecule has 0 bridgehead atoms. The number of hydrogen-bond acceptors (Lipinski definition) is 4. The van der Waals surface area contributed by atoms with Crippen molar-refractivity contribution in [2.45, 2.75) is 0 Å². The van der Waals surface area contributed by atoms with Gasteiger partial charge in [-0.15, -0.1) is 5.11 Å². The predicted octanol–water partition coefficient (Wildman–Crippen LogP) is 1.18. The first kappa shape index (κ1) is 9.78. The minimum absolute atomic E-state index is 0.219. The van der Waals surface area contributed by atoms with Gasteiger partial charge >= 0.3 is 5.97 Å². The normalized spacial score (nSPS) is 9.43. The van der Waals surface area contributed by atoms with E-state index in [9.17, 15) is 14.9 Å². The molecule has 0 heterocycles. The van der Waals surface area contributed by atoms with Gasteiger partial charge in [0.2, 0.25) is 0 Å². The summed E-state index contributed by atoms with van der Waals surface area (Å²) in [5.74, 6) is -1.39. The zero-order chi connectivity index (χ0) is 10.7. The molecule has 0 aromatic heterocycles. The Morgan fingerprint density at radius 1 is 1.57 bits per heavy atom. The van der Waals surface area contributed by atoms with Crippen LogP contribution in [0.3, 0.4) is 0 Å². The lowest BCUT2D eigenvalue weighted by molar-refractivity contribution is -0.384. The van der Waals surface area contributed by atoms with Crippen LogP contribution in [0.25, 0.3) is 0 Å². The molecule has 0 atom stereocenters. The summed E-state index contributed by atoms with van der Waals surface area (Å²) < 4.78 is 0. The summed E-state index contributed by atoms with van der Waals surface area (Å²) in [5.41, 5.74) is 7.39. The van der Waals surface area contributed by atoms with E-state index in [0.717, 1.165) is 18.2 Å². The van der Waals surface area contributed by atoms with Gasteiger partial charge in [-0.05, 0) is 11.6 Å². The van der Waals surface area contributed by atoms with Gasteiger partial charge in [-0.25, -0.2) is 4.79 Å². The summed E-state index contributed by atoms with van der Waals surface area (Å²) in [6.07, 6.45) is 0. The first-order valence-corrected chi connectivity index (χ1v) is 3.43. The summed E-state index contributed by atoms with van der Waals surface area (Å²) in [5, 5.41) is 21.6. The van der Waals surface area contributed by atoms with Gasteiger partial charge in [0.1, 0.15) is 5.69 Å². The number of rotatable bonds is 3. The molecule has 1 aromatic carbocycles. The van der Waals surface area contributed by atoms with Crippen molar-refractivity contribution in [3.8, 4) is 0 Å². The number of benzene rings is 1. The quantitative estimate of drug-likeness (QED) is 0.441. The van der Waals surface area contributed by atoms with Crippen molar-refractivity contribution >= 4 is 17.3 Å². The zero-order valence-electron chi connectivity index (χ0n) is 6.75. The van der Waals surface area contributed by atoms with Crippen LogP contribution in [0.15, 0.2) is 23.3 Å². The molecule has 1 aromatic rings. The summed E-state index contributed by atoms with van der Waals surface area (Å²) in [7, 11) is 0. The van der Waals surface area contributed by atoms with Crippen molar-refractivity contribution in [2.24, 2.45) is 5.11 Å². The van der Waals surface area contributed by atoms with Crippen LogP contribution in [-0.4, -0.2) is 16.0 Å². The molecule has 0 aliphatic rings. The van der Waals surface area contributed by atoms with E-state index < -0.39 is 16.5 Å². The third-order valence-corrected chi connectivity index (χ3v) is 1.53. The van der Waals surface area contributed by atoms with Gasteiger partial charge in [0, 0.05) is 12.1 Å². The van der Waals surface area contributed by atoms with E-state index in [4.69, 9.17) is 10.6 Å². The van der Waals surface area contributed by atoms with Gasteiger partial charge in [0.05, 0.1) is 10.5 Å². The lowest BCUT2D eigenvalue weighted by Crippen LogP contribution is -1.98. The Kier molecular flexibility index (Phi) is 2.52. The molecule has 1 N–H and O–H groups in total. The van der Waals surface area contributed by atoms with E-state index in [1.165, 1.54) is 0 Å². The molecule has 1 rings (SSSR count). The lowest BCUT2D eigenvalue weighted by atomic mass is 10.1. The Balaban J connectivity index is 3.34. The third kappa shape index (κ3) is 1.71. The third-order valence-electron chi connectivity index (χ3n) is 1.53. The lowest BCUT2D eigenvalue weighted by Gasteiger charge is -1.97. The second-order valence-electron chi connectivity index (χ2n) is 2.36. The van der Waals surface area contributed by atoms with Gasteiger partial charge in [-0.3, -0.25) is 10.1 Å². The average molecular weight is 194 g/mol. The SMILES string of the molecule is [N]=Nc1ccc([N+](=O)[O-])cc1C(=O)O. The minimum atomic E-state index is -1.39. The first-order valence-electron chi connectivity index (χ1n) is 3.43. The fraction of sp³-hybridized carbons (Fsp3) is 0. The standard InChI is InChI=1S/C7H4N3O4/c8-9-6-2-1-4(10(13)14)3-5(6)7(11)12/h1-3H,(H,11,12). The Morgan fingerprint density at radius 2 is 2.21 bits per heavy atom. The number of aromatic carboxylic acids is 1. The van der Waals surface area contributed by atoms with E-state index in [1.807, 2.05) is 0 Å². The Morgan fingerprint density at radius 3 is 2.64 bits per heavy atom. The molecule has 0 saturated carbocycles. The van der Waals surface area contributed by atoms with Gasteiger partial charge < -0.3 is 5.11 Å². The van der Waals surface area contributed by atoms with Crippen molar-refractivity contribution in [2.75, 3.05) is 0 Å². The maximum Gasteiger partial charge on any atom is 0.338 e. The van der Waals surface area contributed by atoms with Crippen molar-refractivity contribution in [3.63, 3.8) is 0 Å². The topological polar surface area (TPSA) is 115 Å². The van der Waals surface area contributed by atoms with Crippen LogP contribution in [0.5, 0.6) is 0 Å². The summed E-state index contributed by atoms with van der Waals surface area (Å²) >= 11 is 0. The van der Waals surface area contributed by atoms with E-state index in [2.05, 4.69) is 5.11 Å². The van der Waals surface area contributed by atoms with Crippen LogP contribution in [0.1, 0.15) is 10.4 Å². The Hall–Kier alpha value is -2.31. The van der Waals surface area contributed by atoms with Gasteiger partial charge in [-0.2, -0.15) is 0 Å². The average Bonchev–Trinajstić information content (AvgIpc) is 2.16. The van der Waals surface area contributed by atoms with E-state index in [1.54, 1.807) is 0 Å². The second-order valence-corrected chi connectivity index (χ2v) is 2.36. The molecule has 71 valence electrons. The monoisotopic (exact) mass is 194 g/mol. The second kappa shape index (κ2) is 3.60. The zero-order valence-corrected chi connectivity index (χ0v) is 6.75. The molecule has 0 spiro atoms. The fourth-order valence-corrected chi connectivity index (χ4v) is 0.896. The van der Waals surface area contributed by atoms with Gasteiger partial charge in [0.15, 0.2) is 0 Å². The van der Waals surface area contributed by atoms with Crippen molar-refractivity contribution in [1.29, 1.82) is 0 Å². The maximum atomic E-state index is 10.6. The van der Waals surface area contributed by atoms with Crippen LogP contribution < -0.4 is 5.53 Å². The number of non-ortho nitro benzene ring substituents is 1. The summed E-state index contributed by atoms with van der Waals surface area (Å²) in [6.45, 7) is 0. The highest BCUT2D eigenvalue weighted by atomic mass is 16.6. The number of carboxylic acid groups (broad SMARTS) is 1. The summed E-state index contributed by atoms with van der Waals surface area (Å²) in [6, 6.07) is 2.94. The molecule has 7 nitrogen and oxygen atoms in total. The number of hydrogen-bond donors (Lipinski definition) is 1. The molecule has 0 fully saturated rings. The van der Waals surface area contributed by atoms with Crippen molar-refractivity contribution in [3.05, 3.63) is 33.9 Å². The van der Waals surface area contributed by atoms with Crippen molar-refractivity contribution < 1.29 is 14.8 Å². The molecule has 0 amide bonds. The van der Waals surface area contributed by atoms with Crippen LogP contribution in [0, 0.1) is 10.1 Å². The van der Waals surface area contributed by atoms with Gasteiger partial charge in [0.25, 0.3) is 5.69 Å². The van der Waals surface area contributed by atoms with Crippen LogP contribution in [0.4, 0.5) is 11.4 Å². The number of nitro groups is 1. The number of carbonyl (C=O) groups is 1. The highest BCUT2D eigenvalue weighted by Gasteiger charge is 2.15. The smallest absolute Gasteiger partial charge is 0.338 e. The first-order chi connectivity index (χ1) is 6.56. The molecular formula is C7H4N3O4. The molecule has 1 radical (unpaired) electrons. The van der Waals surface area contributed by atoms with Crippen LogP contribution in [0.2, 0.25) is 0 Å². The number of carboxylic acids is 1. The molecular weight excluding hydrogens is 190 g/mol. The molecule has 0 aliphatic carbocycles. The minimum Gasteiger partial charge on any atom is -0.478 e. The largest absolute Gasteiger partial charge is 0.478 e. The Labute approximate surface area is 77.6 Å². The molecule has 0 unspecified atom stereocenters. The highest BCUT2D eigenvalue weighted by Crippen LogP contribution is 2.23.